The van der Waals surface area contributed by atoms with Crippen LogP contribution in [0.25, 0.3) is 5.69 Å². The third-order valence-corrected chi connectivity index (χ3v) is 6.02. The van der Waals surface area contributed by atoms with Crippen LogP contribution >= 0.6 is 15.9 Å². The highest BCUT2D eigenvalue weighted by molar-refractivity contribution is 9.10. The molecule has 0 saturated carbocycles. The van der Waals surface area contributed by atoms with Gasteiger partial charge in [-0.15, -0.1) is 0 Å². The second-order valence-corrected chi connectivity index (χ2v) is 8.17. The Hall–Kier alpha value is -2.02. The Morgan fingerprint density at radius 2 is 1.93 bits per heavy atom. The van der Waals surface area contributed by atoms with Gasteiger partial charge in [-0.3, -0.25) is 0 Å². The van der Waals surface area contributed by atoms with Crippen molar-refractivity contribution < 1.29 is 9.13 Å². The van der Waals surface area contributed by atoms with Gasteiger partial charge in [-0.25, -0.2) is 9.37 Å². The molecular formula is C22H23BrFN3O. The highest BCUT2D eigenvalue weighted by Gasteiger charge is 2.34. The van der Waals surface area contributed by atoms with Gasteiger partial charge in [0.05, 0.1) is 12.0 Å². The van der Waals surface area contributed by atoms with Crippen molar-refractivity contribution in [3.63, 3.8) is 0 Å². The van der Waals surface area contributed by atoms with Crippen LogP contribution in [0.4, 0.5) is 4.39 Å². The van der Waals surface area contributed by atoms with Gasteiger partial charge in [0, 0.05) is 48.6 Å². The monoisotopic (exact) mass is 443 g/mol. The van der Waals surface area contributed by atoms with Crippen LogP contribution in [0.2, 0.25) is 0 Å². The average Bonchev–Trinajstić information content (AvgIpc) is 3.24. The molecule has 0 bridgehead atoms. The van der Waals surface area contributed by atoms with E-state index < -0.39 is 0 Å². The third-order valence-electron chi connectivity index (χ3n) is 5.49. The van der Waals surface area contributed by atoms with Gasteiger partial charge in [0.1, 0.15) is 5.82 Å². The predicted molar refractivity (Wildman–Crippen MR) is 111 cm³/mol. The lowest BCUT2D eigenvalue weighted by Gasteiger charge is -2.38. The molecule has 1 N–H and O–H groups in total. The number of halogens is 2. The van der Waals surface area contributed by atoms with Crippen molar-refractivity contribution in [1.82, 2.24) is 14.9 Å². The number of ether oxygens (including phenoxy) is 1. The van der Waals surface area contributed by atoms with Gasteiger partial charge >= 0.3 is 0 Å². The van der Waals surface area contributed by atoms with Crippen LogP contribution in [-0.2, 0) is 16.7 Å². The van der Waals surface area contributed by atoms with Gasteiger partial charge in [0.15, 0.2) is 0 Å². The maximum atomic E-state index is 14.5. The zero-order valence-electron chi connectivity index (χ0n) is 15.6. The number of aromatic nitrogens is 2. The Morgan fingerprint density at radius 1 is 1.14 bits per heavy atom. The van der Waals surface area contributed by atoms with Gasteiger partial charge in [0.25, 0.3) is 0 Å². The summed E-state index contributed by atoms with van der Waals surface area (Å²) in [6.45, 7) is 3.00. The van der Waals surface area contributed by atoms with E-state index in [1.807, 2.05) is 6.07 Å². The smallest absolute Gasteiger partial charge is 0.147 e. The van der Waals surface area contributed by atoms with Crippen LogP contribution in [0.1, 0.15) is 24.0 Å². The van der Waals surface area contributed by atoms with Crippen molar-refractivity contribution >= 4 is 15.9 Å². The van der Waals surface area contributed by atoms with Gasteiger partial charge in [0.2, 0.25) is 0 Å². The molecule has 1 aliphatic heterocycles. The zero-order valence-corrected chi connectivity index (χ0v) is 17.2. The Balaban J connectivity index is 1.45. The number of hydrogen-bond acceptors (Lipinski definition) is 3. The van der Waals surface area contributed by atoms with Crippen molar-refractivity contribution in [1.29, 1.82) is 0 Å². The maximum absolute atomic E-state index is 14.5. The third kappa shape index (κ3) is 4.19. The van der Waals surface area contributed by atoms with E-state index in [1.165, 1.54) is 5.56 Å². The first-order valence-electron chi connectivity index (χ1n) is 9.48. The normalized spacial score (nSPS) is 16.2. The summed E-state index contributed by atoms with van der Waals surface area (Å²) >= 11 is 3.52. The Morgan fingerprint density at radius 3 is 2.61 bits per heavy atom. The largest absolute Gasteiger partial charge is 0.381 e. The summed E-state index contributed by atoms with van der Waals surface area (Å²) in [7, 11) is 0. The lowest BCUT2D eigenvalue weighted by atomic mass is 9.74. The first kappa shape index (κ1) is 19.3. The molecular weight excluding hydrogens is 421 g/mol. The minimum absolute atomic E-state index is 0.0498. The molecule has 2 heterocycles. The topological polar surface area (TPSA) is 39.1 Å². The van der Waals surface area contributed by atoms with E-state index in [0.717, 1.165) is 42.6 Å². The lowest BCUT2D eigenvalue weighted by Crippen LogP contribution is -2.42. The number of benzene rings is 2. The summed E-state index contributed by atoms with van der Waals surface area (Å²) in [6.07, 6.45) is 6.95. The molecule has 0 atom stereocenters. The van der Waals surface area contributed by atoms with Crippen LogP contribution in [0.15, 0.2) is 65.7 Å². The first-order chi connectivity index (χ1) is 13.7. The molecule has 3 aromatic rings. The number of hydrogen-bond donors (Lipinski definition) is 1. The van der Waals surface area contributed by atoms with E-state index >= 15 is 0 Å². The van der Waals surface area contributed by atoms with Crippen LogP contribution in [0.3, 0.4) is 0 Å². The fourth-order valence-electron chi connectivity index (χ4n) is 3.85. The molecule has 1 saturated heterocycles. The summed E-state index contributed by atoms with van der Waals surface area (Å²) in [4.78, 5) is 3.98. The molecule has 0 unspecified atom stereocenters. The molecule has 0 radical (unpaired) electrons. The van der Waals surface area contributed by atoms with Crippen LogP contribution in [-0.4, -0.2) is 29.3 Å². The van der Waals surface area contributed by atoms with Gasteiger partial charge < -0.3 is 14.6 Å². The molecule has 2 aromatic carbocycles. The number of nitrogens with one attached hydrogen (secondary N) is 1. The van der Waals surface area contributed by atoms with Crippen LogP contribution < -0.4 is 5.32 Å². The predicted octanol–water partition coefficient (Wildman–Crippen LogP) is 4.61. The molecule has 4 nitrogen and oxygen atoms in total. The van der Waals surface area contributed by atoms with Crippen molar-refractivity contribution in [2.45, 2.75) is 24.8 Å². The van der Waals surface area contributed by atoms with Crippen molar-refractivity contribution in [3.8, 4) is 5.69 Å². The Labute approximate surface area is 172 Å². The molecule has 0 aliphatic carbocycles. The average molecular weight is 444 g/mol. The summed E-state index contributed by atoms with van der Waals surface area (Å²) in [5.41, 5.74) is 2.82. The highest BCUT2D eigenvalue weighted by atomic mass is 79.9. The molecule has 1 aromatic heterocycles. The fraction of sp³-hybridized carbons (Fsp3) is 0.318. The Bertz CT molecular complexity index is 906. The molecule has 1 aliphatic rings. The summed E-state index contributed by atoms with van der Waals surface area (Å²) in [6, 6.07) is 13.9. The van der Waals surface area contributed by atoms with E-state index in [9.17, 15) is 4.39 Å². The molecule has 0 spiro atoms. The van der Waals surface area contributed by atoms with E-state index in [-0.39, 0.29) is 11.2 Å². The van der Waals surface area contributed by atoms with Gasteiger partial charge in [-0.05, 0) is 48.2 Å². The minimum atomic E-state index is -0.244. The van der Waals surface area contributed by atoms with Crippen LogP contribution in [0.5, 0.6) is 0 Å². The second kappa shape index (κ2) is 8.55. The lowest BCUT2D eigenvalue weighted by molar-refractivity contribution is 0.0498. The van der Waals surface area contributed by atoms with E-state index in [1.54, 1.807) is 35.4 Å². The quantitative estimate of drug-likeness (QED) is 0.604. The number of rotatable bonds is 6. The van der Waals surface area contributed by atoms with E-state index in [4.69, 9.17) is 4.74 Å². The maximum Gasteiger partial charge on any atom is 0.147 e. The second-order valence-electron chi connectivity index (χ2n) is 7.26. The van der Waals surface area contributed by atoms with Crippen molar-refractivity contribution in [2.24, 2.45) is 0 Å². The first-order valence-corrected chi connectivity index (χ1v) is 10.3. The molecule has 1 fully saturated rings. The SMILES string of the molecule is Fc1cc(CNCC2(c3ccc(Br)cc3)CCOCC2)ccc1-n1ccnc1. The molecule has 28 heavy (non-hydrogen) atoms. The van der Waals surface area contributed by atoms with Crippen molar-refractivity contribution in [2.75, 3.05) is 19.8 Å². The van der Waals surface area contributed by atoms with Crippen LogP contribution in [0, 0.1) is 5.82 Å². The molecule has 6 heteroatoms. The molecule has 0 amide bonds. The summed E-state index contributed by atoms with van der Waals surface area (Å²) < 4.78 is 22.8. The summed E-state index contributed by atoms with van der Waals surface area (Å²) in [5, 5.41) is 3.55. The van der Waals surface area contributed by atoms with Crippen molar-refractivity contribution in [3.05, 3.63) is 82.6 Å². The highest BCUT2D eigenvalue weighted by Crippen LogP contribution is 2.35. The van der Waals surface area contributed by atoms with E-state index in [0.29, 0.717) is 12.2 Å². The molecule has 146 valence electrons. The Kier molecular flexibility index (Phi) is 5.90. The van der Waals surface area contributed by atoms with Gasteiger partial charge in [-0.2, -0.15) is 0 Å². The minimum Gasteiger partial charge on any atom is -0.381 e. The number of imidazole rings is 1. The zero-order chi connectivity index (χ0) is 19.4. The van der Waals surface area contributed by atoms with E-state index in [2.05, 4.69) is 50.5 Å². The number of nitrogens with zero attached hydrogens (tertiary/aromatic N) is 2. The summed E-state index contributed by atoms with van der Waals surface area (Å²) in [5.74, 6) is -0.244. The molecule has 4 rings (SSSR count). The standard InChI is InChI=1S/C22H23BrFN3O/c23-19-4-2-18(3-5-19)22(7-11-28-12-8-22)15-26-14-17-1-6-21(20(24)13-17)27-10-9-25-16-27/h1-6,9-10,13,16,26H,7-8,11-12,14-15H2. The fourth-order valence-corrected chi connectivity index (χ4v) is 4.11. The van der Waals surface area contributed by atoms with Gasteiger partial charge in [-0.1, -0.05) is 34.1 Å².